The van der Waals surface area contributed by atoms with Crippen molar-refractivity contribution in [3.63, 3.8) is 0 Å². The lowest BCUT2D eigenvalue weighted by molar-refractivity contribution is 0.0968. The van der Waals surface area contributed by atoms with Crippen molar-refractivity contribution in [1.82, 2.24) is 0 Å². The van der Waals surface area contributed by atoms with E-state index in [4.69, 9.17) is 28.5 Å². The third kappa shape index (κ3) is 3.48. The highest BCUT2D eigenvalue weighted by molar-refractivity contribution is 6.42. The number of carbonyl (C=O) groups excluding carboxylic acids is 1. The fraction of sp³-hybridized carbons (Fsp3) is 0.429. The molecule has 1 unspecified atom stereocenters. The molecule has 0 amide bonds. The van der Waals surface area contributed by atoms with Gasteiger partial charge in [-0.1, -0.05) is 37.0 Å². The number of ketones is 1. The number of hydrogen-bond acceptors (Lipinski definition) is 2. The van der Waals surface area contributed by atoms with Crippen molar-refractivity contribution >= 4 is 29.0 Å². The van der Waals surface area contributed by atoms with Gasteiger partial charge in [0.2, 0.25) is 0 Å². The minimum Gasteiger partial charge on any atom is -0.294 e. The largest absolute Gasteiger partial charge is 0.294 e. The summed E-state index contributed by atoms with van der Waals surface area (Å²) in [5, 5.41) is 9.73. The summed E-state index contributed by atoms with van der Waals surface area (Å²) in [6, 6.07) is 5.47. The molecule has 18 heavy (non-hydrogen) atoms. The Morgan fingerprint density at radius 1 is 1.33 bits per heavy atom. The monoisotopic (exact) mass is 283 g/mol. The van der Waals surface area contributed by atoms with E-state index in [0.717, 1.165) is 5.56 Å². The number of halogens is 2. The zero-order valence-electron chi connectivity index (χ0n) is 10.5. The molecular formula is C14H15Cl2NO. The number of nitrogens with zero attached hydrogens (tertiary/aromatic N) is 1. The van der Waals surface area contributed by atoms with Gasteiger partial charge in [0, 0.05) is 12.0 Å². The van der Waals surface area contributed by atoms with Crippen LogP contribution in [0.4, 0.5) is 0 Å². The van der Waals surface area contributed by atoms with Crippen LogP contribution in [0.1, 0.15) is 42.6 Å². The molecule has 4 heteroatoms. The van der Waals surface area contributed by atoms with Gasteiger partial charge >= 0.3 is 0 Å². The van der Waals surface area contributed by atoms with Gasteiger partial charge < -0.3 is 0 Å². The van der Waals surface area contributed by atoms with Gasteiger partial charge in [0.1, 0.15) is 0 Å². The lowest BCUT2D eigenvalue weighted by Crippen LogP contribution is -2.09. The summed E-state index contributed by atoms with van der Waals surface area (Å²) < 4.78 is 0. The molecule has 1 rings (SSSR count). The molecule has 0 bridgehead atoms. The van der Waals surface area contributed by atoms with E-state index in [9.17, 15) is 4.79 Å². The van der Waals surface area contributed by atoms with Crippen molar-refractivity contribution < 1.29 is 4.79 Å². The van der Waals surface area contributed by atoms with Crippen LogP contribution in [0.2, 0.25) is 10.0 Å². The highest BCUT2D eigenvalue weighted by atomic mass is 35.5. The minimum atomic E-state index is -0.239. The molecule has 1 atom stereocenters. The standard InChI is InChI=1S/C14H15Cl2NO/c1-3-9(8-17)5-14(18)11-7-13(16)12(15)6-10(11)4-2/h6-7,9H,3-5H2,1-2H3. The number of carbonyl (C=O) groups is 1. The van der Waals surface area contributed by atoms with E-state index in [2.05, 4.69) is 6.07 Å². The molecule has 0 aromatic heterocycles. The number of rotatable bonds is 5. The quantitative estimate of drug-likeness (QED) is 0.737. The van der Waals surface area contributed by atoms with Crippen LogP contribution in [0.3, 0.4) is 0 Å². The number of Topliss-reactive ketones (excluding diaryl/α,β-unsaturated/α-hetero) is 1. The normalized spacial score (nSPS) is 11.9. The van der Waals surface area contributed by atoms with Gasteiger partial charge in [-0.3, -0.25) is 4.79 Å². The zero-order chi connectivity index (χ0) is 13.7. The molecule has 0 aliphatic carbocycles. The van der Waals surface area contributed by atoms with Crippen LogP contribution < -0.4 is 0 Å². The van der Waals surface area contributed by atoms with E-state index >= 15 is 0 Å². The number of hydrogen-bond donors (Lipinski definition) is 0. The number of benzene rings is 1. The first-order chi connectivity index (χ1) is 8.53. The number of aryl methyl sites for hydroxylation is 1. The summed E-state index contributed by atoms with van der Waals surface area (Å²) in [6.45, 7) is 3.86. The smallest absolute Gasteiger partial charge is 0.164 e. The maximum absolute atomic E-state index is 12.2. The summed E-state index contributed by atoms with van der Waals surface area (Å²) in [5.41, 5.74) is 1.46. The van der Waals surface area contributed by atoms with E-state index in [1.807, 2.05) is 13.8 Å². The van der Waals surface area contributed by atoms with Crippen LogP contribution >= 0.6 is 23.2 Å². The van der Waals surface area contributed by atoms with Crippen LogP contribution in [-0.4, -0.2) is 5.78 Å². The predicted molar refractivity (Wildman–Crippen MR) is 74.2 cm³/mol. The van der Waals surface area contributed by atoms with Crippen molar-refractivity contribution in [2.75, 3.05) is 0 Å². The van der Waals surface area contributed by atoms with Gasteiger partial charge in [0.25, 0.3) is 0 Å². The summed E-state index contributed by atoms with van der Waals surface area (Å²) in [4.78, 5) is 12.2. The lowest BCUT2D eigenvalue weighted by Gasteiger charge is -2.10. The Hall–Kier alpha value is -1.04. The summed E-state index contributed by atoms with van der Waals surface area (Å²) in [7, 11) is 0. The van der Waals surface area contributed by atoms with Crippen molar-refractivity contribution in [2.45, 2.75) is 33.1 Å². The van der Waals surface area contributed by atoms with Crippen LogP contribution in [-0.2, 0) is 6.42 Å². The Morgan fingerprint density at radius 2 is 1.94 bits per heavy atom. The average Bonchev–Trinajstić information content (AvgIpc) is 2.38. The molecule has 1 aromatic carbocycles. The molecule has 0 saturated carbocycles. The third-order valence-corrected chi connectivity index (χ3v) is 3.66. The van der Waals surface area contributed by atoms with Crippen LogP contribution in [0, 0.1) is 17.2 Å². The van der Waals surface area contributed by atoms with E-state index < -0.39 is 0 Å². The first kappa shape index (κ1) is 15.0. The Labute approximate surface area is 118 Å². The molecule has 0 N–H and O–H groups in total. The third-order valence-electron chi connectivity index (χ3n) is 2.93. The van der Waals surface area contributed by atoms with Gasteiger partial charge in [-0.15, -0.1) is 0 Å². The summed E-state index contributed by atoms with van der Waals surface area (Å²) in [6.07, 6.45) is 1.62. The first-order valence-electron chi connectivity index (χ1n) is 5.94. The van der Waals surface area contributed by atoms with Gasteiger partial charge in [-0.2, -0.15) is 5.26 Å². The van der Waals surface area contributed by atoms with Gasteiger partial charge in [-0.25, -0.2) is 0 Å². The van der Waals surface area contributed by atoms with Crippen molar-refractivity contribution in [2.24, 2.45) is 5.92 Å². The molecule has 1 aromatic rings. The second-order valence-electron chi connectivity index (χ2n) is 4.14. The molecular weight excluding hydrogens is 269 g/mol. The molecule has 2 nitrogen and oxygen atoms in total. The molecule has 0 heterocycles. The molecule has 0 fully saturated rings. The summed E-state index contributed by atoms with van der Waals surface area (Å²) in [5.74, 6) is -0.282. The molecule has 0 aliphatic heterocycles. The fourth-order valence-corrected chi connectivity index (χ4v) is 2.11. The second-order valence-corrected chi connectivity index (χ2v) is 4.95. The maximum atomic E-state index is 12.2. The van der Waals surface area contributed by atoms with Gasteiger partial charge in [-0.05, 0) is 30.5 Å². The fourth-order valence-electron chi connectivity index (χ4n) is 1.76. The lowest BCUT2D eigenvalue weighted by atomic mass is 9.94. The van der Waals surface area contributed by atoms with Crippen molar-refractivity contribution in [3.8, 4) is 6.07 Å². The molecule has 0 aliphatic rings. The topological polar surface area (TPSA) is 40.9 Å². The van der Waals surface area contributed by atoms with Crippen LogP contribution in [0.25, 0.3) is 0 Å². The Kier molecular flexibility index (Phi) is 5.65. The molecule has 0 spiro atoms. The van der Waals surface area contributed by atoms with E-state index in [1.54, 1.807) is 12.1 Å². The Morgan fingerprint density at radius 3 is 2.44 bits per heavy atom. The molecule has 0 radical (unpaired) electrons. The minimum absolute atomic E-state index is 0.0428. The Bertz CT molecular complexity index is 491. The van der Waals surface area contributed by atoms with Crippen LogP contribution in [0.15, 0.2) is 12.1 Å². The van der Waals surface area contributed by atoms with Crippen molar-refractivity contribution in [3.05, 3.63) is 33.3 Å². The SMILES string of the molecule is CCc1cc(Cl)c(Cl)cc1C(=O)CC(C#N)CC. The summed E-state index contributed by atoms with van der Waals surface area (Å²) >= 11 is 11.9. The average molecular weight is 284 g/mol. The zero-order valence-corrected chi connectivity index (χ0v) is 12.0. The van der Waals surface area contributed by atoms with E-state index in [1.165, 1.54) is 0 Å². The first-order valence-corrected chi connectivity index (χ1v) is 6.69. The van der Waals surface area contributed by atoms with Crippen LogP contribution in [0.5, 0.6) is 0 Å². The second kappa shape index (κ2) is 6.78. The highest BCUT2D eigenvalue weighted by Gasteiger charge is 2.17. The molecule has 96 valence electrons. The van der Waals surface area contributed by atoms with Gasteiger partial charge in [0.05, 0.1) is 22.0 Å². The Balaban J connectivity index is 3.05. The van der Waals surface area contributed by atoms with E-state index in [0.29, 0.717) is 28.5 Å². The highest BCUT2D eigenvalue weighted by Crippen LogP contribution is 2.28. The molecule has 0 saturated heterocycles. The number of nitriles is 1. The van der Waals surface area contributed by atoms with Gasteiger partial charge in [0.15, 0.2) is 5.78 Å². The predicted octanol–water partition coefficient (Wildman–Crippen LogP) is 4.68. The van der Waals surface area contributed by atoms with Crippen molar-refractivity contribution in [1.29, 1.82) is 5.26 Å². The maximum Gasteiger partial charge on any atom is 0.164 e. The van der Waals surface area contributed by atoms with E-state index in [-0.39, 0.29) is 18.1 Å².